The number of benzene rings is 1. The molecule has 0 aliphatic rings. The van der Waals surface area contributed by atoms with Crippen molar-refractivity contribution in [2.24, 2.45) is 0 Å². The highest BCUT2D eigenvalue weighted by Crippen LogP contribution is 2.34. The molecule has 0 heterocycles. The zero-order valence-corrected chi connectivity index (χ0v) is 10.5. The fourth-order valence-corrected chi connectivity index (χ4v) is 2.35. The summed E-state index contributed by atoms with van der Waals surface area (Å²) in [5.74, 6) is 0.892. The summed E-state index contributed by atoms with van der Waals surface area (Å²) in [5, 5.41) is 0. The van der Waals surface area contributed by atoms with Gasteiger partial charge in [0.2, 0.25) is 0 Å². The van der Waals surface area contributed by atoms with Crippen LogP contribution in [0.5, 0.6) is 0 Å². The number of nitrogen functional groups attached to an aromatic ring is 1. The Morgan fingerprint density at radius 3 is 2.47 bits per heavy atom. The van der Waals surface area contributed by atoms with E-state index >= 15 is 0 Å². The van der Waals surface area contributed by atoms with Crippen LogP contribution in [0.15, 0.2) is 23.1 Å². The van der Waals surface area contributed by atoms with Crippen molar-refractivity contribution in [2.75, 3.05) is 11.5 Å². The van der Waals surface area contributed by atoms with Gasteiger partial charge in [0.1, 0.15) is 0 Å². The van der Waals surface area contributed by atoms with Gasteiger partial charge in [-0.15, -0.1) is 11.8 Å². The predicted molar refractivity (Wildman–Crippen MR) is 66.1 cm³/mol. The first kappa shape index (κ1) is 14.2. The first-order valence-corrected chi connectivity index (χ1v) is 6.53. The Morgan fingerprint density at radius 1 is 1.24 bits per heavy atom. The topological polar surface area (TPSA) is 26.0 Å². The average molecular weight is 263 g/mol. The van der Waals surface area contributed by atoms with Gasteiger partial charge in [-0.25, -0.2) is 0 Å². The summed E-state index contributed by atoms with van der Waals surface area (Å²) in [6.07, 6.45) is -1.00. The molecule has 0 spiro atoms. The maximum Gasteiger partial charge on any atom is 0.416 e. The molecule has 17 heavy (non-hydrogen) atoms. The van der Waals surface area contributed by atoms with Crippen molar-refractivity contribution in [1.82, 2.24) is 0 Å². The highest BCUT2D eigenvalue weighted by Gasteiger charge is 2.30. The van der Waals surface area contributed by atoms with Gasteiger partial charge in [0.25, 0.3) is 0 Å². The molecular weight excluding hydrogens is 247 g/mol. The van der Waals surface area contributed by atoms with Gasteiger partial charge in [0, 0.05) is 10.6 Å². The van der Waals surface area contributed by atoms with E-state index in [9.17, 15) is 13.2 Å². The third kappa shape index (κ3) is 4.50. The first-order valence-electron chi connectivity index (χ1n) is 5.54. The maximum absolute atomic E-state index is 12.4. The molecule has 0 amide bonds. The lowest BCUT2D eigenvalue weighted by Crippen LogP contribution is -2.05. The Bertz CT molecular complexity index is 363. The highest BCUT2D eigenvalue weighted by molar-refractivity contribution is 7.99. The van der Waals surface area contributed by atoms with E-state index in [1.54, 1.807) is 0 Å². The van der Waals surface area contributed by atoms with Crippen molar-refractivity contribution in [3.63, 3.8) is 0 Å². The summed E-state index contributed by atoms with van der Waals surface area (Å²) in [7, 11) is 0. The second-order valence-corrected chi connectivity index (χ2v) is 4.94. The minimum absolute atomic E-state index is 0.210. The van der Waals surface area contributed by atoms with Gasteiger partial charge >= 0.3 is 6.18 Å². The van der Waals surface area contributed by atoms with Crippen LogP contribution < -0.4 is 5.73 Å². The second kappa shape index (κ2) is 6.19. The van der Waals surface area contributed by atoms with Crippen molar-refractivity contribution < 1.29 is 13.2 Å². The van der Waals surface area contributed by atoms with Crippen LogP contribution in [0.2, 0.25) is 0 Å². The maximum atomic E-state index is 12.4. The van der Waals surface area contributed by atoms with Gasteiger partial charge in [-0.05, 0) is 30.4 Å². The van der Waals surface area contributed by atoms with Crippen LogP contribution in [0.3, 0.4) is 0 Å². The predicted octanol–water partition coefficient (Wildman–Crippen LogP) is 4.57. The Balaban J connectivity index is 2.64. The molecule has 1 aromatic rings. The van der Waals surface area contributed by atoms with Gasteiger partial charge in [-0.2, -0.15) is 13.2 Å². The van der Waals surface area contributed by atoms with Gasteiger partial charge in [-0.1, -0.05) is 19.8 Å². The standard InChI is InChI=1S/C12H16F3NS/c1-2-3-4-7-17-11-6-5-9(8-10(11)16)12(13,14)15/h5-6,8H,2-4,7,16H2,1H3. The average Bonchev–Trinajstić information content (AvgIpc) is 2.24. The van der Waals surface area contributed by atoms with E-state index in [0.717, 1.165) is 42.0 Å². The lowest BCUT2D eigenvalue weighted by molar-refractivity contribution is -0.137. The Morgan fingerprint density at radius 2 is 1.94 bits per heavy atom. The molecule has 0 aliphatic carbocycles. The lowest BCUT2D eigenvalue weighted by Gasteiger charge is -2.10. The molecule has 1 aromatic carbocycles. The van der Waals surface area contributed by atoms with Crippen molar-refractivity contribution in [1.29, 1.82) is 0 Å². The van der Waals surface area contributed by atoms with Crippen LogP contribution in [-0.2, 0) is 6.18 Å². The van der Waals surface area contributed by atoms with Crippen LogP contribution in [0.1, 0.15) is 31.7 Å². The summed E-state index contributed by atoms with van der Waals surface area (Å²) in [5.41, 5.74) is 5.13. The van der Waals surface area contributed by atoms with Crippen LogP contribution in [0.4, 0.5) is 18.9 Å². The van der Waals surface area contributed by atoms with Crippen LogP contribution in [0, 0.1) is 0 Å². The summed E-state index contributed by atoms with van der Waals surface area (Å²) in [4.78, 5) is 0.731. The lowest BCUT2D eigenvalue weighted by atomic mass is 10.2. The van der Waals surface area contributed by atoms with Crippen LogP contribution >= 0.6 is 11.8 Å². The van der Waals surface area contributed by atoms with Crippen molar-refractivity contribution in [3.8, 4) is 0 Å². The molecular formula is C12H16F3NS. The number of anilines is 1. The molecule has 0 atom stereocenters. The molecule has 0 saturated carbocycles. The van der Waals surface area contributed by atoms with E-state index in [4.69, 9.17) is 5.73 Å². The SMILES string of the molecule is CCCCCSc1ccc(C(F)(F)F)cc1N. The number of hydrogen-bond donors (Lipinski definition) is 1. The van der Waals surface area contributed by atoms with Crippen LogP contribution in [-0.4, -0.2) is 5.75 Å². The van der Waals surface area contributed by atoms with E-state index < -0.39 is 11.7 Å². The fraction of sp³-hybridized carbons (Fsp3) is 0.500. The smallest absolute Gasteiger partial charge is 0.398 e. The molecule has 1 nitrogen and oxygen atoms in total. The summed E-state index contributed by atoms with van der Waals surface area (Å²) >= 11 is 1.51. The van der Waals surface area contributed by atoms with E-state index in [1.807, 2.05) is 0 Å². The van der Waals surface area contributed by atoms with Gasteiger partial charge in [0.05, 0.1) is 5.56 Å². The Hall–Kier alpha value is -0.840. The molecule has 0 unspecified atom stereocenters. The second-order valence-electron chi connectivity index (χ2n) is 3.81. The number of alkyl halides is 3. The van der Waals surface area contributed by atoms with Gasteiger partial charge < -0.3 is 5.73 Å². The summed E-state index contributed by atoms with van der Waals surface area (Å²) < 4.78 is 37.2. The largest absolute Gasteiger partial charge is 0.416 e. The molecule has 96 valence electrons. The third-order valence-corrected chi connectivity index (χ3v) is 3.52. The van der Waals surface area contributed by atoms with Crippen LogP contribution in [0.25, 0.3) is 0 Å². The summed E-state index contributed by atoms with van der Waals surface area (Å²) in [6.45, 7) is 2.11. The van der Waals surface area contributed by atoms with Gasteiger partial charge in [0.15, 0.2) is 0 Å². The van der Waals surface area contributed by atoms with E-state index in [2.05, 4.69) is 6.92 Å². The molecule has 0 aliphatic heterocycles. The number of rotatable bonds is 5. The van der Waals surface area contributed by atoms with E-state index in [1.165, 1.54) is 17.8 Å². The van der Waals surface area contributed by atoms with Crippen molar-refractivity contribution >= 4 is 17.4 Å². The quantitative estimate of drug-likeness (QED) is 0.478. The molecule has 5 heteroatoms. The summed E-state index contributed by atoms with van der Waals surface area (Å²) in [6, 6.07) is 3.54. The molecule has 0 fully saturated rings. The fourth-order valence-electron chi connectivity index (χ4n) is 1.39. The number of halogens is 3. The number of unbranched alkanes of at least 4 members (excludes halogenated alkanes) is 2. The zero-order valence-electron chi connectivity index (χ0n) is 9.68. The van der Waals surface area contributed by atoms with E-state index in [0.29, 0.717) is 0 Å². The van der Waals surface area contributed by atoms with E-state index in [-0.39, 0.29) is 5.69 Å². The normalized spacial score (nSPS) is 11.8. The molecule has 0 saturated heterocycles. The number of thioether (sulfide) groups is 1. The third-order valence-electron chi connectivity index (χ3n) is 2.34. The Labute approximate surface area is 104 Å². The van der Waals surface area contributed by atoms with Crippen molar-refractivity contribution in [2.45, 2.75) is 37.3 Å². The van der Waals surface area contributed by atoms with Crippen molar-refractivity contribution in [3.05, 3.63) is 23.8 Å². The molecule has 0 aromatic heterocycles. The van der Waals surface area contributed by atoms with Gasteiger partial charge in [-0.3, -0.25) is 0 Å². The molecule has 1 rings (SSSR count). The minimum Gasteiger partial charge on any atom is -0.398 e. The first-order chi connectivity index (χ1) is 7.95. The highest BCUT2D eigenvalue weighted by atomic mass is 32.2. The zero-order chi connectivity index (χ0) is 12.9. The Kier molecular flexibility index (Phi) is 5.18. The number of nitrogens with two attached hydrogens (primary N) is 1. The minimum atomic E-state index is -4.32. The molecule has 0 radical (unpaired) electrons. The number of hydrogen-bond acceptors (Lipinski definition) is 2. The molecule has 2 N–H and O–H groups in total. The monoisotopic (exact) mass is 263 g/mol. The molecule has 0 bridgehead atoms.